The van der Waals surface area contributed by atoms with Crippen molar-refractivity contribution in [2.24, 2.45) is 0 Å². The molecule has 2 aromatic rings. The predicted octanol–water partition coefficient (Wildman–Crippen LogP) is 1.41. The maximum absolute atomic E-state index is 11.9. The summed E-state index contributed by atoms with van der Waals surface area (Å²) in [6, 6.07) is 10.8. The standard InChI is InChI=1S/C17H20N2O5/c1-22-14-8-4-3-7-13(14)15(23-2)11-19-17(21)16(20)18-10-12-6-5-9-24-12/h3-9,15H,10-11H2,1-2H3,(H,18,20)(H,19,21)/t15-/m1/s1. The Morgan fingerprint density at radius 3 is 2.50 bits per heavy atom. The van der Waals surface area contributed by atoms with Crippen LogP contribution in [0, 0.1) is 0 Å². The lowest BCUT2D eigenvalue weighted by Crippen LogP contribution is -2.41. The van der Waals surface area contributed by atoms with Gasteiger partial charge in [0.1, 0.15) is 17.6 Å². The number of hydrogen-bond donors (Lipinski definition) is 2. The van der Waals surface area contributed by atoms with Crippen molar-refractivity contribution in [2.75, 3.05) is 20.8 Å². The number of carbonyl (C=O) groups is 2. The van der Waals surface area contributed by atoms with Gasteiger partial charge in [0, 0.05) is 19.2 Å². The summed E-state index contributed by atoms with van der Waals surface area (Å²) in [4.78, 5) is 23.6. The zero-order valence-electron chi connectivity index (χ0n) is 13.6. The molecule has 0 saturated carbocycles. The molecular weight excluding hydrogens is 312 g/mol. The second kappa shape index (κ2) is 8.73. The van der Waals surface area contributed by atoms with Gasteiger partial charge < -0.3 is 24.5 Å². The summed E-state index contributed by atoms with van der Waals surface area (Å²) >= 11 is 0. The highest BCUT2D eigenvalue weighted by atomic mass is 16.5. The molecule has 2 amide bonds. The molecule has 7 nitrogen and oxygen atoms in total. The molecule has 0 unspecified atom stereocenters. The SMILES string of the molecule is COc1ccccc1[C@@H](CNC(=O)C(=O)NCc1ccco1)OC. The van der Waals surface area contributed by atoms with Crippen molar-refractivity contribution in [3.8, 4) is 5.75 Å². The molecular formula is C17H20N2O5. The predicted molar refractivity (Wildman–Crippen MR) is 86.3 cm³/mol. The van der Waals surface area contributed by atoms with Crippen LogP contribution < -0.4 is 15.4 Å². The molecule has 0 bridgehead atoms. The van der Waals surface area contributed by atoms with Gasteiger partial charge in [-0.25, -0.2) is 0 Å². The van der Waals surface area contributed by atoms with E-state index >= 15 is 0 Å². The van der Waals surface area contributed by atoms with Crippen LogP contribution in [-0.2, 0) is 20.9 Å². The Balaban J connectivity index is 1.87. The Hall–Kier alpha value is -2.80. The van der Waals surface area contributed by atoms with Crippen LogP contribution in [0.1, 0.15) is 17.4 Å². The Kier molecular flexibility index (Phi) is 6.39. The molecule has 0 radical (unpaired) electrons. The first kappa shape index (κ1) is 17.6. The van der Waals surface area contributed by atoms with Gasteiger partial charge in [-0.3, -0.25) is 9.59 Å². The van der Waals surface area contributed by atoms with Crippen molar-refractivity contribution in [2.45, 2.75) is 12.6 Å². The summed E-state index contributed by atoms with van der Waals surface area (Å²) in [7, 11) is 3.09. The van der Waals surface area contributed by atoms with Gasteiger partial charge in [-0.1, -0.05) is 18.2 Å². The van der Waals surface area contributed by atoms with E-state index in [1.54, 1.807) is 25.3 Å². The first-order valence-corrected chi connectivity index (χ1v) is 7.39. The van der Waals surface area contributed by atoms with Crippen molar-refractivity contribution in [3.05, 3.63) is 54.0 Å². The van der Waals surface area contributed by atoms with E-state index in [9.17, 15) is 9.59 Å². The number of rotatable bonds is 7. The van der Waals surface area contributed by atoms with E-state index in [1.807, 2.05) is 18.2 Å². The summed E-state index contributed by atoms with van der Waals surface area (Å²) in [5.41, 5.74) is 0.791. The number of methoxy groups -OCH3 is 2. The third kappa shape index (κ3) is 4.60. The van der Waals surface area contributed by atoms with Crippen LogP contribution >= 0.6 is 0 Å². The fraction of sp³-hybridized carbons (Fsp3) is 0.294. The number of amides is 2. The van der Waals surface area contributed by atoms with E-state index in [1.165, 1.54) is 13.4 Å². The number of carbonyl (C=O) groups excluding carboxylic acids is 2. The van der Waals surface area contributed by atoms with Crippen LogP contribution in [0.2, 0.25) is 0 Å². The monoisotopic (exact) mass is 332 g/mol. The molecule has 128 valence electrons. The number of ether oxygens (including phenoxy) is 2. The van der Waals surface area contributed by atoms with E-state index < -0.39 is 17.9 Å². The first-order valence-electron chi connectivity index (χ1n) is 7.39. The van der Waals surface area contributed by atoms with Gasteiger partial charge >= 0.3 is 11.8 Å². The van der Waals surface area contributed by atoms with Crippen molar-refractivity contribution in [1.29, 1.82) is 0 Å². The van der Waals surface area contributed by atoms with E-state index in [0.29, 0.717) is 11.5 Å². The third-order valence-electron chi connectivity index (χ3n) is 3.43. The molecule has 0 aliphatic carbocycles. The lowest BCUT2D eigenvalue weighted by Gasteiger charge is -2.18. The van der Waals surface area contributed by atoms with Crippen molar-refractivity contribution >= 4 is 11.8 Å². The van der Waals surface area contributed by atoms with Crippen molar-refractivity contribution < 1.29 is 23.5 Å². The second-order valence-corrected chi connectivity index (χ2v) is 4.94. The fourth-order valence-corrected chi connectivity index (χ4v) is 2.18. The van der Waals surface area contributed by atoms with Gasteiger partial charge in [0.25, 0.3) is 0 Å². The fourth-order valence-electron chi connectivity index (χ4n) is 2.18. The maximum atomic E-state index is 11.9. The highest BCUT2D eigenvalue weighted by molar-refractivity contribution is 6.35. The molecule has 24 heavy (non-hydrogen) atoms. The molecule has 0 spiro atoms. The molecule has 0 aliphatic rings. The molecule has 7 heteroatoms. The van der Waals surface area contributed by atoms with E-state index in [-0.39, 0.29) is 13.1 Å². The van der Waals surface area contributed by atoms with Crippen LogP contribution in [0.4, 0.5) is 0 Å². The van der Waals surface area contributed by atoms with Crippen LogP contribution in [0.3, 0.4) is 0 Å². The van der Waals surface area contributed by atoms with Gasteiger partial charge in [-0.15, -0.1) is 0 Å². The normalized spacial score (nSPS) is 11.6. The minimum absolute atomic E-state index is 0.143. The molecule has 2 rings (SSSR count). The maximum Gasteiger partial charge on any atom is 0.309 e. The Morgan fingerprint density at radius 2 is 1.83 bits per heavy atom. The smallest absolute Gasteiger partial charge is 0.309 e. The number of nitrogens with one attached hydrogen (secondary N) is 2. The van der Waals surface area contributed by atoms with Crippen LogP contribution in [0.15, 0.2) is 47.1 Å². The molecule has 0 aliphatic heterocycles. The lowest BCUT2D eigenvalue weighted by atomic mass is 10.1. The Labute approximate surface area is 139 Å². The summed E-state index contributed by atoms with van der Waals surface area (Å²) in [5, 5.41) is 5.03. The molecule has 1 atom stereocenters. The van der Waals surface area contributed by atoms with Gasteiger partial charge in [-0.2, -0.15) is 0 Å². The van der Waals surface area contributed by atoms with E-state index in [0.717, 1.165) is 5.56 Å². The number of furan rings is 1. The lowest BCUT2D eigenvalue weighted by molar-refractivity contribution is -0.139. The van der Waals surface area contributed by atoms with Crippen molar-refractivity contribution in [3.63, 3.8) is 0 Å². The molecule has 0 fully saturated rings. The van der Waals surface area contributed by atoms with Crippen LogP contribution in [-0.4, -0.2) is 32.6 Å². The number of hydrogen-bond acceptors (Lipinski definition) is 5. The van der Waals surface area contributed by atoms with Gasteiger partial charge in [-0.05, 0) is 18.2 Å². The highest BCUT2D eigenvalue weighted by Crippen LogP contribution is 2.26. The molecule has 1 aromatic carbocycles. The third-order valence-corrected chi connectivity index (χ3v) is 3.43. The van der Waals surface area contributed by atoms with Gasteiger partial charge in [0.2, 0.25) is 0 Å². The minimum atomic E-state index is -0.737. The molecule has 0 saturated heterocycles. The topological polar surface area (TPSA) is 89.8 Å². The highest BCUT2D eigenvalue weighted by Gasteiger charge is 2.19. The Morgan fingerprint density at radius 1 is 1.08 bits per heavy atom. The Bertz CT molecular complexity index is 669. The quantitative estimate of drug-likeness (QED) is 0.748. The summed E-state index contributed by atoms with van der Waals surface area (Å²) in [6.07, 6.45) is 1.07. The van der Waals surface area contributed by atoms with Gasteiger partial charge in [0.15, 0.2) is 0 Å². The zero-order valence-corrected chi connectivity index (χ0v) is 13.6. The largest absolute Gasteiger partial charge is 0.496 e. The van der Waals surface area contributed by atoms with Crippen molar-refractivity contribution in [1.82, 2.24) is 10.6 Å². The zero-order chi connectivity index (χ0) is 17.4. The number of para-hydroxylation sites is 1. The van der Waals surface area contributed by atoms with Gasteiger partial charge in [0.05, 0.1) is 19.9 Å². The summed E-state index contributed by atoms with van der Waals surface area (Å²) < 4.78 is 15.7. The van der Waals surface area contributed by atoms with E-state index in [4.69, 9.17) is 13.9 Å². The van der Waals surface area contributed by atoms with Crippen LogP contribution in [0.25, 0.3) is 0 Å². The average Bonchev–Trinajstić information content (AvgIpc) is 3.13. The van der Waals surface area contributed by atoms with Crippen LogP contribution in [0.5, 0.6) is 5.75 Å². The summed E-state index contributed by atoms with van der Waals surface area (Å²) in [5.74, 6) is -0.249. The number of benzene rings is 1. The molecule has 2 N–H and O–H groups in total. The summed E-state index contributed by atoms with van der Waals surface area (Å²) in [6.45, 7) is 0.295. The first-order chi connectivity index (χ1) is 11.7. The van der Waals surface area contributed by atoms with E-state index in [2.05, 4.69) is 10.6 Å². The average molecular weight is 332 g/mol. The molecule has 1 heterocycles. The molecule has 1 aromatic heterocycles. The second-order valence-electron chi connectivity index (χ2n) is 4.94. The minimum Gasteiger partial charge on any atom is -0.496 e.